The van der Waals surface area contributed by atoms with Gasteiger partial charge in [-0.1, -0.05) is 11.6 Å². The Morgan fingerprint density at radius 2 is 2.17 bits per heavy atom. The molecule has 0 radical (unpaired) electrons. The first-order chi connectivity index (χ1) is 5.68. The van der Waals surface area contributed by atoms with E-state index in [0.717, 1.165) is 11.1 Å². The first kappa shape index (κ1) is 7.83. The average molecular weight is 202 g/mol. The molecule has 0 N–H and O–H groups in total. The molecule has 0 amide bonds. The second-order valence-corrected chi connectivity index (χ2v) is 3.16. The summed E-state index contributed by atoms with van der Waals surface area (Å²) in [6.07, 6.45) is 1.80. The molecule has 2 aromatic heterocycles. The van der Waals surface area contributed by atoms with E-state index < -0.39 is 0 Å². The van der Waals surface area contributed by atoms with Crippen LogP contribution in [0.4, 0.5) is 0 Å². The minimum Gasteiger partial charge on any atom is -0.235 e. The zero-order valence-corrected chi connectivity index (χ0v) is 7.76. The summed E-state index contributed by atoms with van der Waals surface area (Å²) in [5.74, 6) is 0. The highest BCUT2D eigenvalue weighted by Crippen LogP contribution is 2.19. The van der Waals surface area contributed by atoms with Gasteiger partial charge in [0, 0.05) is 6.20 Å². The van der Waals surface area contributed by atoms with Crippen LogP contribution in [0, 0.1) is 6.92 Å². The molecule has 0 spiro atoms. The van der Waals surface area contributed by atoms with Gasteiger partial charge in [0.15, 0.2) is 5.15 Å². The van der Waals surface area contributed by atoms with Gasteiger partial charge in [-0.15, -0.1) is 5.10 Å². The van der Waals surface area contributed by atoms with Crippen LogP contribution >= 0.6 is 23.2 Å². The maximum Gasteiger partial charge on any atom is 0.242 e. The standard InChI is InChI=1S/C7H5Cl2N3/c1-4-2-3-12-5(4)6(8)10-7(9)11-12/h2-3H,1H3. The summed E-state index contributed by atoms with van der Waals surface area (Å²) in [7, 11) is 0. The van der Waals surface area contributed by atoms with Crippen molar-refractivity contribution in [2.75, 3.05) is 0 Å². The summed E-state index contributed by atoms with van der Waals surface area (Å²) in [5.41, 5.74) is 1.85. The molecular formula is C7H5Cl2N3. The lowest BCUT2D eigenvalue weighted by Crippen LogP contribution is -1.94. The molecule has 0 unspecified atom stereocenters. The molecule has 0 fully saturated rings. The van der Waals surface area contributed by atoms with Gasteiger partial charge in [-0.3, -0.25) is 0 Å². The zero-order valence-electron chi connectivity index (χ0n) is 6.25. The lowest BCUT2D eigenvalue weighted by Gasteiger charge is -1.97. The fraction of sp³-hybridized carbons (Fsp3) is 0.143. The second kappa shape index (κ2) is 2.61. The first-order valence-electron chi connectivity index (χ1n) is 3.35. The molecule has 12 heavy (non-hydrogen) atoms. The van der Waals surface area contributed by atoms with E-state index in [0.29, 0.717) is 5.15 Å². The Morgan fingerprint density at radius 1 is 1.42 bits per heavy atom. The molecule has 0 aliphatic carbocycles. The summed E-state index contributed by atoms with van der Waals surface area (Å²) in [6, 6.07) is 1.91. The summed E-state index contributed by atoms with van der Waals surface area (Å²) in [4.78, 5) is 3.83. The van der Waals surface area contributed by atoms with Gasteiger partial charge in [-0.25, -0.2) is 9.50 Å². The van der Waals surface area contributed by atoms with E-state index in [-0.39, 0.29) is 5.28 Å². The summed E-state index contributed by atoms with van der Waals surface area (Å²) < 4.78 is 1.62. The van der Waals surface area contributed by atoms with Gasteiger partial charge in [-0.2, -0.15) is 0 Å². The predicted molar refractivity (Wildman–Crippen MR) is 47.7 cm³/mol. The van der Waals surface area contributed by atoms with Crippen molar-refractivity contribution in [1.29, 1.82) is 0 Å². The summed E-state index contributed by atoms with van der Waals surface area (Å²) >= 11 is 11.5. The van der Waals surface area contributed by atoms with Crippen molar-refractivity contribution < 1.29 is 0 Å². The van der Waals surface area contributed by atoms with Crippen molar-refractivity contribution in [1.82, 2.24) is 14.6 Å². The molecule has 0 saturated carbocycles. The molecule has 2 aromatic rings. The zero-order chi connectivity index (χ0) is 8.72. The van der Waals surface area contributed by atoms with Crippen LogP contribution in [-0.4, -0.2) is 14.6 Å². The molecule has 0 aliphatic heterocycles. The van der Waals surface area contributed by atoms with E-state index in [1.54, 1.807) is 10.7 Å². The first-order valence-corrected chi connectivity index (χ1v) is 4.11. The number of hydrogen-bond acceptors (Lipinski definition) is 2. The Kier molecular flexibility index (Phi) is 1.70. The van der Waals surface area contributed by atoms with Crippen molar-refractivity contribution in [3.63, 3.8) is 0 Å². The molecule has 3 nitrogen and oxygen atoms in total. The van der Waals surface area contributed by atoms with Gasteiger partial charge >= 0.3 is 0 Å². The fourth-order valence-electron chi connectivity index (χ4n) is 1.10. The molecule has 62 valence electrons. The SMILES string of the molecule is Cc1ccn2nc(Cl)nc(Cl)c12. The smallest absolute Gasteiger partial charge is 0.235 e. The molecule has 0 aromatic carbocycles. The van der Waals surface area contributed by atoms with Crippen LogP contribution < -0.4 is 0 Å². The number of aryl methyl sites for hydroxylation is 1. The fourth-order valence-corrected chi connectivity index (χ4v) is 1.63. The topological polar surface area (TPSA) is 30.2 Å². The van der Waals surface area contributed by atoms with Gasteiger partial charge in [-0.05, 0) is 30.2 Å². The third-order valence-corrected chi connectivity index (χ3v) is 2.07. The van der Waals surface area contributed by atoms with Crippen molar-refractivity contribution >= 4 is 28.7 Å². The monoisotopic (exact) mass is 201 g/mol. The number of hydrogen-bond donors (Lipinski definition) is 0. The highest BCUT2D eigenvalue weighted by atomic mass is 35.5. The third kappa shape index (κ3) is 1.06. The van der Waals surface area contributed by atoms with Crippen LogP contribution in [0.1, 0.15) is 5.56 Å². The second-order valence-electron chi connectivity index (χ2n) is 2.46. The molecule has 2 rings (SSSR count). The number of rotatable bonds is 0. The van der Waals surface area contributed by atoms with Crippen molar-refractivity contribution in [2.24, 2.45) is 0 Å². The lowest BCUT2D eigenvalue weighted by molar-refractivity contribution is 0.903. The number of aromatic nitrogens is 3. The van der Waals surface area contributed by atoms with E-state index in [9.17, 15) is 0 Å². The lowest BCUT2D eigenvalue weighted by atomic mass is 10.3. The van der Waals surface area contributed by atoms with Gasteiger partial charge in [0.2, 0.25) is 5.28 Å². The summed E-state index contributed by atoms with van der Waals surface area (Å²) in [6.45, 7) is 1.94. The molecule has 0 atom stereocenters. The minimum absolute atomic E-state index is 0.156. The highest BCUT2D eigenvalue weighted by Gasteiger charge is 2.06. The number of nitrogens with zero attached hydrogens (tertiary/aromatic N) is 3. The number of halogens is 2. The van der Waals surface area contributed by atoms with Crippen LogP contribution in [0.2, 0.25) is 10.4 Å². The Hall–Kier alpha value is -0.800. The van der Waals surface area contributed by atoms with Crippen LogP contribution in [0.5, 0.6) is 0 Å². The Labute approximate surface area is 78.9 Å². The Bertz CT molecular complexity index is 435. The van der Waals surface area contributed by atoms with Crippen molar-refractivity contribution in [3.05, 3.63) is 28.3 Å². The maximum absolute atomic E-state index is 5.85. The van der Waals surface area contributed by atoms with Gasteiger partial charge in [0.05, 0.1) is 0 Å². The van der Waals surface area contributed by atoms with Crippen LogP contribution in [0.15, 0.2) is 12.3 Å². The number of fused-ring (bicyclic) bond motifs is 1. The van der Waals surface area contributed by atoms with Crippen molar-refractivity contribution in [2.45, 2.75) is 6.92 Å². The molecule has 5 heteroatoms. The van der Waals surface area contributed by atoms with E-state index in [1.807, 2.05) is 13.0 Å². The van der Waals surface area contributed by atoms with Gasteiger partial charge in [0.25, 0.3) is 0 Å². The van der Waals surface area contributed by atoms with Crippen molar-refractivity contribution in [3.8, 4) is 0 Å². The molecular weight excluding hydrogens is 197 g/mol. The third-order valence-electron chi connectivity index (χ3n) is 1.64. The van der Waals surface area contributed by atoms with E-state index >= 15 is 0 Å². The van der Waals surface area contributed by atoms with Gasteiger partial charge < -0.3 is 0 Å². The maximum atomic E-state index is 5.85. The van der Waals surface area contributed by atoms with E-state index in [4.69, 9.17) is 23.2 Å². The van der Waals surface area contributed by atoms with Gasteiger partial charge in [0.1, 0.15) is 5.52 Å². The van der Waals surface area contributed by atoms with Crippen LogP contribution in [0.3, 0.4) is 0 Å². The molecule has 0 aliphatic rings. The molecule has 0 saturated heterocycles. The predicted octanol–water partition coefficient (Wildman–Crippen LogP) is 2.34. The highest BCUT2D eigenvalue weighted by molar-refractivity contribution is 6.34. The van der Waals surface area contributed by atoms with Crippen LogP contribution in [0.25, 0.3) is 5.52 Å². The Morgan fingerprint density at radius 3 is 2.92 bits per heavy atom. The molecule has 0 bridgehead atoms. The normalized spacial score (nSPS) is 10.9. The minimum atomic E-state index is 0.156. The van der Waals surface area contributed by atoms with E-state index in [1.165, 1.54) is 0 Å². The largest absolute Gasteiger partial charge is 0.242 e. The van der Waals surface area contributed by atoms with E-state index in [2.05, 4.69) is 10.1 Å². The Balaban J connectivity index is 2.93. The average Bonchev–Trinajstić information content (AvgIpc) is 2.31. The molecule has 2 heterocycles. The summed E-state index contributed by atoms with van der Waals surface area (Å²) in [5, 5.41) is 4.49. The van der Waals surface area contributed by atoms with Crippen LogP contribution in [-0.2, 0) is 0 Å². The quantitative estimate of drug-likeness (QED) is 0.656.